The molecule has 7 heteroatoms. The summed E-state index contributed by atoms with van der Waals surface area (Å²) in [5, 5.41) is 7.59. The Kier molecular flexibility index (Phi) is 4.55. The maximum atomic E-state index is 13.5. The van der Waals surface area contributed by atoms with Gasteiger partial charge in [-0.1, -0.05) is 6.07 Å². The van der Waals surface area contributed by atoms with Crippen molar-refractivity contribution in [3.05, 3.63) is 35.1 Å². The number of benzene rings is 1. The summed E-state index contributed by atoms with van der Waals surface area (Å²) in [4.78, 5) is 21.4. The van der Waals surface area contributed by atoms with E-state index >= 15 is 0 Å². The van der Waals surface area contributed by atoms with Crippen molar-refractivity contribution in [2.75, 3.05) is 0 Å². The van der Waals surface area contributed by atoms with Crippen molar-refractivity contribution in [1.29, 1.82) is 0 Å². The van der Waals surface area contributed by atoms with Crippen LogP contribution >= 0.6 is 0 Å². The summed E-state index contributed by atoms with van der Waals surface area (Å²) in [7, 11) is -1.73. The number of carboxylic acids is 1. The van der Waals surface area contributed by atoms with Gasteiger partial charge >= 0.3 is 5.97 Å². The van der Waals surface area contributed by atoms with Crippen molar-refractivity contribution in [3.8, 4) is 0 Å². The van der Waals surface area contributed by atoms with Crippen LogP contribution in [0.5, 0.6) is 0 Å². The Morgan fingerprint density at radius 3 is 2.56 bits per heavy atom. The zero-order valence-corrected chi connectivity index (χ0v) is 10.4. The Bertz CT molecular complexity index is 518. The molecular weight excluding hydrogens is 261 g/mol. The molecule has 2 unspecified atom stereocenters. The number of rotatable bonds is 5. The fourth-order valence-electron chi connectivity index (χ4n) is 1.21. The molecule has 3 N–H and O–H groups in total. The maximum absolute atomic E-state index is 13.5. The van der Waals surface area contributed by atoms with Crippen molar-refractivity contribution < 1.29 is 23.3 Å². The van der Waals surface area contributed by atoms with Gasteiger partial charge in [-0.15, -0.1) is 0 Å². The van der Waals surface area contributed by atoms with Crippen LogP contribution < -0.4 is 5.73 Å². The molecule has 98 valence electrons. The number of halogens is 1. The Morgan fingerprint density at radius 1 is 1.50 bits per heavy atom. The van der Waals surface area contributed by atoms with Gasteiger partial charge in [-0.25, -0.2) is 4.39 Å². The summed E-state index contributed by atoms with van der Waals surface area (Å²) in [5.41, 5.74) is 5.08. The highest BCUT2D eigenvalue weighted by atomic mass is 32.2. The van der Waals surface area contributed by atoms with Crippen molar-refractivity contribution in [1.82, 2.24) is 0 Å². The molecule has 0 saturated carbocycles. The first-order valence-corrected chi connectivity index (χ1v) is 6.39. The maximum Gasteiger partial charge on any atom is 0.318 e. The molecule has 0 saturated heterocycles. The first-order chi connectivity index (χ1) is 8.32. The van der Waals surface area contributed by atoms with E-state index in [1.54, 1.807) is 0 Å². The van der Waals surface area contributed by atoms with Gasteiger partial charge in [0.05, 0.1) is 5.75 Å². The Hall–Kier alpha value is -1.76. The summed E-state index contributed by atoms with van der Waals surface area (Å²) < 4.78 is 25.1. The van der Waals surface area contributed by atoms with Crippen LogP contribution in [0.3, 0.4) is 0 Å². The minimum Gasteiger partial charge on any atom is -0.480 e. The molecule has 0 radical (unpaired) electrons. The Balaban J connectivity index is 2.89. The predicted molar refractivity (Wildman–Crippen MR) is 63.9 cm³/mol. The highest BCUT2D eigenvalue weighted by Gasteiger charge is 2.20. The monoisotopic (exact) mass is 273 g/mol. The summed E-state index contributed by atoms with van der Waals surface area (Å²) >= 11 is 0. The van der Waals surface area contributed by atoms with E-state index in [2.05, 4.69) is 0 Å². The smallest absolute Gasteiger partial charge is 0.318 e. The van der Waals surface area contributed by atoms with Crippen LogP contribution in [0, 0.1) is 5.82 Å². The molecule has 0 spiro atoms. The van der Waals surface area contributed by atoms with E-state index in [-0.39, 0.29) is 16.9 Å². The minimum atomic E-state index is -1.73. The van der Waals surface area contributed by atoms with Crippen LogP contribution in [0.4, 0.5) is 4.39 Å². The third-order valence-electron chi connectivity index (χ3n) is 2.38. The number of aliphatic carboxylic acids is 1. The number of carbonyl (C=O) groups excluding carboxylic acids is 1. The zero-order valence-electron chi connectivity index (χ0n) is 9.55. The van der Waals surface area contributed by atoms with Crippen molar-refractivity contribution >= 4 is 22.7 Å². The number of primary amides is 1. The molecule has 0 heterocycles. The van der Waals surface area contributed by atoms with E-state index < -0.39 is 33.7 Å². The molecule has 2 atom stereocenters. The quantitative estimate of drug-likeness (QED) is 0.822. The van der Waals surface area contributed by atoms with Gasteiger partial charge in [-0.2, -0.15) is 0 Å². The third-order valence-corrected chi connectivity index (χ3v) is 3.96. The molecule has 18 heavy (non-hydrogen) atoms. The Morgan fingerprint density at radius 2 is 2.11 bits per heavy atom. The lowest BCUT2D eigenvalue weighted by molar-refractivity contribution is -0.136. The van der Waals surface area contributed by atoms with Gasteiger partial charge in [-0.3, -0.25) is 13.8 Å². The molecule has 0 fully saturated rings. The second-order valence-electron chi connectivity index (χ2n) is 3.68. The molecular formula is C11H12FNO4S. The molecule has 0 aliphatic heterocycles. The average molecular weight is 273 g/mol. The average Bonchev–Trinajstić information content (AvgIpc) is 2.30. The molecule has 0 bridgehead atoms. The first kappa shape index (κ1) is 14.3. The predicted octanol–water partition coefficient (Wildman–Crippen LogP) is 0.646. The highest BCUT2D eigenvalue weighted by Crippen LogP contribution is 2.14. The molecule has 0 aliphatic rings. The fraction of sp³-hybridized carbons (Fsp3) is 0.273. The van der Waals surface area contributed by atoms with Crippen LogP contribution in [0.2, 0.25) is 0 Å². The molecule has 1 aromatic rings. The van der Waals surface area contributed by atoms with E-state index in [0.717, 1.165) is 6.07 Å². The number of amides is 1. The first-order valence-electron chi connectivity index (χ1n) is 5.01. The van der Waals surface area contributed by atoms with Gasteiger partial charge in [0, 0.05) is 21.9 Å². The molecule has 1 amide bonds. The van der Waals surface area contributed by atoms with E-state index in [1.165, 1.54) is 19.1 Å². The summed E-state index contributed by atoms with van der Waals surface area (Å²) in [6.45, 7) is 1.29. The topological polar surface area (TPSA) is 97.5 Å². The van der Waals surface area contributed by atoms with Gasteiger partial charge in [0.1, 0.15) is 11.1 Å². The summed E-state index contributed by atoms with van der Waals surface area (Å²) in [6.07, 6.45) is 0. The second-order valence-corrected chi connectivity index (χ2v) is 5.43. The lowest BCUT2D eigenvalue weighted by Gasteiger charge is -2.08. The lowest BCUT2D eigenvalue weighted by Crippen LogP contribution is -2.23. The third kappa shape index (κ3) is 3.36. The van der Waals surface area contributed by atoms with Gasteiger partial charge in [0.2, 0.25) is 5.91 Å². The summed E-state index contributed by atoms with van der Waals surface area (Å²) in [6, 6.07) is 3.53. The fourth-order valence-corrected chi connectivity index (χ4v) is 2.22. The van der Waals surface area contributed by atoms with E-state index in [9.17, 15) is 18.2 Å². The molecule has 0 aliphatic carbocycles. The Labute approximate surface area is 105 Å². The largest absolute Gasteiger partial charge is 0.480 e. The van der Waals surface area contributed by atoms with Crippen molar-refractivity contribution in [2.45, 2.75) is 17.9 Å². The zero-order chi connectivity index (χ0) is 13.9. The van der Waals surface area contributed by atoms with Crippen LogP contribution in [0.1, 0.15) is 22.8 Å². The SMILES string of the molecule is CC(C(=O)O)S(=O)Cc1ccc(C(N)=O)cc1F. The van der Waals surface area contributed by atoms with E-state index in [0.29, 0.717) is 0 Å². The van der Waals surface area contributed by atoms with Crippen LogP contribution in [-0.4, -0.2) is 26.4 Å². The van der Waals surface area contributed by atoms with Gasteiger partial charge in [0.25, 0.3) is 0 Å². The van der Waals surface area contributed by atoms with E-state index in [1.807, 2.05) is 0 Å². The number of nitrogens with two attached hydrogens (primary N) is 1. The number of hydrogen-bond acceptors (Lipinski definition) is 3. The summed E-state index contributed by atoms with van der Waals surface area (Å²) in [5.74, 6) is -2.92. The second kappa shape index (κ2) is 5.72. The molecule has 5 nitrogen and oxygen atoms in total. The molecule has 1 aromatic carbocycles. The number of carboxylic acid groups (broad SMARTS) is 1. The highest BCUT2D eigenvalue weighted by molar-refractivity contribution is 7.85. The van der Waals surface area contributed by atoms with Crippen LogP contribution in [0.15, 0.2) is 18.2 Å². The van der Waals surface area contributed by atoms with Gasteiger partial charge < -0.3 is 10.8 Å². The van der Waals surface area contributed by atoms with Gasteiger partial charge in [0.15, 0.2) is 0 Å². The molecule has 1 rings (SSSR count). The lowest BCUT2D eigenvalue weighted by atomic mass is 10.1. The minimum absolute atomic E-state index is 0.00770. The van der Waals surface area contributed by atoms with Crippen molar-refractivity contribution in [3.63, 3.8) is 0 Å². The normalized spacial score (nSPS) is 13.9. The molecule has 0 aromatic heterocycles. The van der Waals surface area contributed by atoms with E-state index in [4.69, 9.17) is 10.8 Å². The standard InChI is InChI=1S/C11H12FNO4S/c1-6(11(15)16)18(17)5-8-3-2-7(10(13)14)4-9(8)12/h2-4,6H,5H2,1H3,(H2,13,14)(H,15,16). The van der Waals surface area contributed by atoms with Gasteiger partial charge in [-0.05, 0) is 19.1 Å². The van der Waals surface area contributed by atoms with Crippen LogP contribution in [0.25, 0.3) is 0 Å². The van der Waals surface area contributed by atoms with Crippen LogP contribution in [-0.2, 0) is 21.3 Å². The number of carbonyl (C=O) groups is 2. The number of hydrogen-bond donors (Lipinski definition) is 2. The van der Waals surface area contributed by atoms with Crippen molar-refractivity contribution in [2.24, 2.45) is 5.73 Å².